The van der Waals surface area contributed by atoms with Crippen molar-refractivity contribution in [2.24, 2.45) is 0 Å². The quantitative estimate of drug-likeness (QED) is 0.644. The molecule has 6 nitrogen and oxygen atoms in total. The first-order chi connectivity index (χ1) is 7.65. The van der Waals surface area contributed by atoms with Crippen molar-refractivity contribution in [3.63, 3.8) is 0 Å². The van der Waals surface area contributed by atoms with Crippen LogP contribution in [0.25, 0.3) is 4.96 Å². The first-order valence-corrected chi connectivity index (χ1v) is 7.07. The second-order valence-electron chi connectivity index (χ2n) is 2.40. The van der Waals surface area contributed by atoms with Gasteiger partial charge in [-0.25, -0.2) is 9.50 Å². The fraction of sp³-hybridized carbons (Fsp3) is 0. The van der Waals surface area contributed by atoms with Crippen LogP contribution in [-0.4, -0.2) is 24.8 Å². The molecule has 0 aliphatic heterocycles. The van der Waals surface area contributed by atoms with Crippen LogP contribution in [0.4, 0.5) is 5.13 Å². The zero-order chi connectivity index (χ0) is 11.5. The van der Waals surface area contributed by atoms with Gasteiger partial charge >= 0.3 is 0 Å². The fourth-order valence-electron chi connectivity index (χ4n) is 0.829. The number of imidazole rings is 1. The summed E-state index contributed by atoms with van der Waals surface area (Å²) in [5, 5.41) is 11.6. The van der Waals surface area contributed by atoms with Crippen LogP contribution in [0.3, 0.4) is 0 Å². The van der Waals surface area contributed by atoms with Gasteiger partial charge in [0.05, 0.1) is 6.20 Å². The van der Waals surface area contributed by atoms with Gasteiger partial charge in [-0.2, -0.15) is 0 Å². The highest BCUT2D eigenvalue weighted by Crippen LogP contribution is 2.17. The lowest BCUT2D eigenvalue weighted by molar-refractivity contribution is 0.959. The smallest absolute Gasteiger partial charge is 0.212 e. The van der Waals surface area contributed by atoms with Crippen molar-refractivity contribution in [2.45, 2.75) is 0 Å². The normalized spacial score (nSPS) is 10.1. The summed E-state index contributed by atoms with van der Waals surface area (Å²) in [6.45, 7) is 0. The molecule has 0 saturated heterocycles. The number of rotatable bonds is 0. The van der Waals surface area contributed by atoms with E-state index in [1.54, 1.807) is 10.7 Å². The first-order valence-electron chi connectivity index (χ1n) is 3.85. The highest BCUT2D eigenvalue weighted by atomic mass is 79.9. The Bertz CT molecular complexity index is 541. The summed E-state index contributed by atoms with van der Waals surface area (Å²) in [5.74, 6) is 0. The topological polar surface area (TPSA) is 82.0 Å². The average Bonchev–Trinajstić information content (AvgIpc) is 2.83. The minimum atomic E-state index is 0.492. The van der Waals surface area contributed by atoms with E-state index in [0.717, 1.165) is 12.8 Å². The van der Waals surface area contributed by atoms with E-state index in [2.05, 4.69) is 52.1 Å². The molecule has 0 unspecified atom stereocenters. The number of anilines is 1. The fourth-order valence-corrected chi connectivity index (χ4v) is 2.93. The van der Waals surface area contributed by atoms with E-state index < -0.39 is 0 Å². The number of aromatic nitrogens is 5. The number of halogens is 2. The Morgan fingerprint density at radius 2 is 2.00 bits per heavy atom. The van der Waals surface area contributed by atoms with Crippen molar-refractivity contribution in [3.8, 4) is 0 Å². The van der Waals surface area contributed by atoms with Gasteiger partial charge in [0.2, 0.25) is 10.1 Å². The molecular weight excluding hydrogens is 380 g/mol. The Kier molecular flexibility index (Phi) is 3.84. The van der Waals surface area contributed by atoms with E-state index in [-0.39, 0.29) is 0 Å². The van der Waals surface area contributed by atoms with Gasteiger partial charge < -0.3 is 5.73 Å². The number of nitrogens with zero attached hydrogens (tertiary/aromatic N) is 5. The molecule has 0 aromatic carbocycles. The molecule has 0 atom stereocenters. The molecule has 84 valence electrons. The van der Waals surface area contributed by atoms with E-state index in [1.807, 2.05) is 6.20 Å². The van der Waals surface area contributed by atoms with Gasteiger partial charge in [-0.05, 0) is 31.9 Å². The Labute approximate surface area is 115 Å². The summed E-state index contributed by atoms with van der Waals surface area (Å²) in [6, 6.07) is 0. The molecule has 2 N–H and O–H groups in total. The van der Waals surface area contributed by atoms with Crippen LogP contribution in [0.1, 0.15) is 0 Å². The summed E-state index contributed by atoms with van der Waals surface area (Å²) in [7, 11) is 0. The van der Waals surface area contributed by atoms with Gasteiger partial charge in [0, 0.05) is 6.20 Å². The molecule has 0 spiro atoms. The van der Waals surface area contributed by atoms with Crippen molar-refractivity contribution >= 4 is 64.6 Å². The first kappa shape index (κ1) is 11.9. The van der Waals surface area contributed by atoms with Crippen LogP contribution < -0.4 is 5.73 Å². The number of hydrogen-bond acceptors (Lipinski definition) is 7. The summed E-state index contributed by atoms with van der Waals surface area (Å²) >= 11 is 9.18. The van der Waals surface area contributed by atoms with Crippen LogP contribution in [0.5, 0.6) is 0 Å². The molecule has 3 heterocycles. The second kappa shape index (κ2) is 5.17. The average molecular weight is 384 g/mol. The molecule has 16 heavy (non-hydrogen) atoms. The van der Waals surface area contributed by atoms with Crippen LogP contribution >= 0.6 is 54.5 Å². The Morgan fingerprint density at radius 3 is 2.50 bits per heavy atom. The SMILES string of the molecule is Brc1nn2ccnc2s1.Nc1nnc(Br)s1. The molecule has 3 rings (SSSR count). The molecule has 0 amide bonds. The van der Waals surface area contributed by atoms with Crippen LogP contribution in [-0.2, 0) is 0 Å². The maximum Gasteiger partial charge on any atom is 0.212 e. The minimum Gasteiger partial charge on any atom is -0.374 e. The van der Waals surface area contributed by atoms with Crippen molar-refractivity contribution in [1.29, 1.82) is 0 Å². The molecule has 0 aliphatic rings. The Hall–Kier alpha value is -0.580. The number of nitrogens with two attached hydrogens (primary N) is 1. The highest BCUT2D eigenvalue weighted by molar-refractivity contribution is 9.11. The van der Waals surface area contributed by atoms with E-state index in [9.17, 15) is 0 Å². The lowest BCUT2D eigenvalue weighted by atomic mass is 11.0. The van der Waals surface area contributed by atoms with Crippen molar-refractivity contribution in [1.82, 2.24) is 24.8 Å². The highest BCUT2D eigenvalue weighted by Gasteiger charge is 1.98. The summed E-state index contributed by atoms with van der Waals surface area (Å²) in [4.78, 5) is 4.95. The molecule has 10 heteroatoms. The summed E-state index contributed by atoms with van der Waals surface area (Å²) < 4.78 is 3.32. The lowest BCUT2D eigenvalue weighted by Crippen LogP contribution is -1.79. The number of hydrogen-bond donors (Lipinski definition) is 1. The van der Waals surface area contributed by atoms with Crippen molar-refractivity contribution < 1.29 is 0 Å². The van der Waals surface area contributed by atoms with Crippen molar-refractivity contribution in [2.75, 3.05) is 5.73 Å². The van der Waals surface area contributed by atoms with Crippen molar-refractivity contribution in [3.05, 3.63) is 20.2 Å². The third-order valence-corrected chi connectivity index (χ3v) is 3.92. The monoisotopic (exact) mass is 382 g/mol. The predicted molar refractivity (Wildman–Crippen MR) is 70.6 cm³/mol. The lowest BCUT2D eigenvalue weighted by Gasteiger charge is -1.70. The van der Waals surface area contributed by atoms with Gasteiger partial charge in [-0.3, -0.25) is 0 Å². The van der Waals surface area contributed by atoms with Gasteiger partial charge in [0.25, 0.3) is 0 Å². The zero-order valence-electron chi connectivity index (χ0n) is 7.54. The van der Waals surface area contributed by atoms with Gasteiger partial charge in [0.15, 0.2) is 7.83 Å². The largest absolute Gasteiger partial charge is 0.374 e. The molecule has 0 radical (unpaired) electrons. The third kappa shape index (κ3) is 2.97. The van der Waals surface area contributed by atoms with E-state index >= 15 is 0 Å². The van der Waals surface area contributed by atoms with Gasteiger partial charge in [0.1, 0.15) is 0 Å². The van der Waals surface area contributed by atoms with E-state index in [4.69, 9.17) is 5.73 Å². The maximum atomic E-state index is 5.19. The Morgan fingerprint density at radius 1 is 1.19 bits per heavy atom. The maximum absolute atomic E-state index is 5.19. The van der Waals surface area contributed by atoms with Crippen LogP contribution in [0.2, 0.25) is 0 Å². The molecule has 0 saturated carbocycles. The minimum absolute atomic E-state index is 0.492. The van der Waals surface area contributed by atoms with Gasteiger partial charge in [-0.1, -0.05) is 22.7 Å². The molecule has 0 bridgehead atoms. The summed E-state index contributed by atoms with van der Waals surface area (Å²) in [5.41, 5.74) is 5.19. The second-order valence-corrected chi connectivity index (χ2v) is 6.92. The number of fused-ring (bicyclic) bond motifs is 1. The standard InChI is InChI=1S/C4H2BrN3S.C2H2BrN3S/c5-3-7-8-2-1-6-4(8)9-3;3-1-5-6-2(4)7-1/h1-2H;(H2,4,6). The molecule has 0 fully saturated rings. The zero-order valence-corrected chi connectivity index (χ0v) is 12.3. The van der Waals surface area contributed by atoms with E-state index in [0.29, 0.717) is 5.13 Å². The molecular formula is C6H4Br2N6S2. The number of nitrogen functional groups attached to an aromatic ring is 1. The third-order valence-electron chi connectivity index (χ3n) is 1.37. The van der Waals surface area contributed by atoms with Crippen LogP contribution in [0, 0.1) is 0 Å². The molecule has 3 aromatic heterocycles. The molecule has 3 aromatic rings. The van der Waals surface area contributed by atoms with Crippen LogP contribution in [0.15, 0.2) is 20.2 Å². The molecule has 0 aliphatic carbocycles. The Balaban J connectivity index is 0.000000125. The van der Waals surface area contributed by atoms with E-state index in [1.165, 1.54) is 22.7 Å². The summed E-state index contributed by atoms with van der Waals surface area (Å²) in [6.07, 6.45) is 3.54. The predicted octanol–water partition coefficient (Wildman–Crippen LogP) is 2.44. The van der Waals surface area contributed by atoms with Gasteiger partial charge in [-0.15, -0.1) is 15.3 Å².